The van der Waals surface area contributed by atoms with Crippen LogP contribution in [0.25, 0.3) is 0 Å². The zero-order valence-electron chi connectivity index (χ0n) is 19.7. The van der Waals surface area contributed by atoms with Gasteiger partial charge in [0.15, 0.2) is 0 Å². The van der Waals surface area contributed by atoms with Gasteiger partial charge in [-0.05, 0) is 71.3 Å². The summed E-state index contributed by atoms with van der Waals surface area (Å²) in [6.07, 6.45) is 6.82. The Bertz CT molecular complexity index is 790. The molecule has 0 amide bonds. The summed E-state index contributed by atoms with van der Waals surface area (Å²) in [6, 6.07) is 8.90. The average molecular weight is 445 g/mol. The number of rotatable bonds is 10. The maximum Gasteiger partial charge on any atom is 0.352 e. The molecule has 0 radical (unpaired) electrons. The van der Waals surface area contributed by atoms with Crippen molar-refractivity contribution < 1.29 is 28.6 Å². The van der Waals surface area contributed by atoms with Gasteiger partial charge in [-0.1, -0.05) is 36.4 Å². The van der Waals surface area contributed by atoms with Crippen molar-refractivity contribution in [2.75, 3.05) is 6.61 Å². The molecule has 32 heavy (non-hydrogen) atoms. The van der Waals surface area contributed by atoms with E-state index in [2.05, 4.69) is 6.08 Å². The number of hydrogen-bond acceptors (Lipinski definition) is 6. The van der Waals surface area contributed by atoms with E-state index < -0.39 is 23.5 Å². The summed E-state index contributed by atoms with van der Waals surface area (Å²) in [4.78, 5) is 36.5. The number of carbonyl (C=O) groups excluding carboxylic acids is 3. The Morgan fingerprint density at radius 1 is 1.00 bits per heavy atom. The number of esters is 3. The smallest absolute Gasteiger partial charge is 0.352 e. The highest BCUT2D eigenvalue weighted by molar-refractivity contribution is 5.80. The average Bonchev–Trinajstić information content (AvgIpc) is 2.76. The SMILES string of the molecule is CC(=O)O[C@H](C(=O)O[C@@H](CCCCOC(=O)C(C)(C)C)C1=CCCCC1)c1ccccc1. The fraction of sp³-hybridized carbons (Fsp3) is 0.577. The number of allylic oxidation sites excluding steroid dienone is 1. The lowest BCUT2D eigenvalue weighted by Crippen LogP contribution is -2.28. The topological polar surface area (TPSA) is 78.9 Å². The second-order valence-corrected chi connectivity index (χ2v) is 9.23. The fourth-order valence-electron chi connectivity index (χ4n) is 3.54. The van der Waals surface area contributed by atoms with Gasteiger partial charge in [-0.3, -0.25) is 9.59 Å². The molecule has 0 spiro atoms. The molecule has 0 aromatic heterocycles. The summed E-state index contributed by atoms with van der Waals surface area (Å²) in [5, 5.41) is 0. The summed E-state index contributed by atoms with van der Waals surface area (Å²) in [5.41, 5.74) is 1.18. The van der Waals surface area contributed by atoms with Gasteiger partial charge in [-0.15, -0.1) is 0 Å². The number of benzene rings is 1. The first-order valence-corrected chi connectivity index (χ1v) is 11.5. The van der Waals surface area contributed by atoms with Crippen LogP contribution in [0.1, 0.15) is 84.3 Å². The van der Waals surface area contributed by atoms with Gasteiger partial charge in [0, 0.05) is 12.5 Å². The van der Waals surface area contributed by atoms with Crippen molar-refractivity contribution in [3.05, 3.63) is 47.5 Å². The van der Waals surface area contributed by atoms with Gasteiger partial charge >= 0.3 is 17.9 Å². The summed E-state index contributed by atoms with van der Waals surface area (Å²) in [5.74, 6) is -1.32. The Hall–Kier alpha value is -2.63. The maximum atomic E-state index is 13.0. The van der Waals surface area contributed by atoms with Crippen molar-refractivity contribution in [3.63, 3.8) is 0 Å². The van der Waals surface area contributed by atoms with Crippen molar-refractivity contribution in [2.45, 2.75) is 84.8 Å². The van der Waals surface area contributed by atoms with E-state index in [9.17, 15) is 14.4 Å². The Kier molecular flexibility index (Phi) is 9.95. The molecule has 0 bridgehead atoms. The molecular weight excluding hydrogens is 408 g/mol. The van der Waals surface area contributed by atoms with Crippen LogP contribution in [0, 0.1) is 5.41 Å². The van der Waals surface area contributed by atoms with Gasteiger partial charge in [-0.2, -0.15) is 0 Å². The molecule has 0 heterocycles. The Labute approximate surface area is 191 Å². The lowest BCUT2D eigenvalue weighted by molar-refractivity contribution is -0.170. The summed E-state index contributed by atoms with van der Waals surface area (Å²) in [6.45, 7) is 7.10. The maximum absolute atomic E-state index is 13.0. The molecule has 1 aliphatic rings. The molecule has 176 valence electrons. The molecule has 6 heteroatoms. The minimum absolute atomic E-state index is 0.220. The minimum atomic E-state index is -1.09. The zero-order chi connectivity index (χ0) is 23.6. The van der Waals surface area contributed by atoms with E-state index in [4.69, 9.17) is 14.2 Å². The highest BCUT2D eigenvalue weighted by atomic mass is 16.6. The van der Waals surface area contributed by atoms with Crippen molar-refractivity contribution >= 4 is 17.9 Å². The molecule has 0 fully saturated rings. The summed E-state index contributed by atoms with van der Waals surface area (Å²) in [7, 11) is 0. The van der Waals surface area contributed by atoms with Crippen molar-refractivity contribution in [2.24, 2.45) is 5.41 Å². The second-order valence-electron chi connectivity index (χ2n) is 9.23. The standard InChI is InChI=1S/C26H36O6/c1-19(27)31-23(21-15-9-6-10-16-21)24(28)32-22(20-13-7-5-8-14-20)17-11-12-18-30-25(29)26(2,3)4/h6,9-10,13,15-16,22-23H,5,7-8,11-12,14,17-18H2,1-4H3/t22-,23-/m0/s1. The molecule has 1 aromatic carbocycles. The first-order valence-electron chi connectivity index (χ1n) is 11.5. The molecular formula is C26H36O6. The normalized spacial score (nSPS) is 15.8. The number of unbranched alkanes of at least 4 members (excludes halogenated alkanes) is 1. The van der Waals surface area contributed by atoms with Crippen LogP contribution in [0.5, 0.6) is 0 Å². The van der Waals surface area contributed by atoms with Crippen LogP contribution in [0.3, 0.4) is 0 Å². The van der Waals surface area contributed by atoms with E-state index in [0.29, 0.717) is 25.0 Å². The molecule has 2 atom stereocenters. The van der Waals surface area contributed by atoms with E-state index in [0.717, 1.165) is 37.7 Å². The number of ether oxygens (including phenoxy) is 3. The molecule has 1 aliphatic carbocycles. The molecule has 0 unspecified atom stereocenters. The molecule has 2 rings (SSSR count). The molecule has 0 N–H and O–H groups in total. The zero-order valence-corrected chi connectivity index (χ0v) is 19.7. The second kappa shape index (κ2) is 12.4. The first kappa shape index (κ1) is 25.6. The molecule has 0 saturated heterocycles. The lowest BCUT2D eigenvalue weighted by Gasteiger charge is -2.26. The molecule has 0 aliphatic heterocycles. The van der Waals surface area contributed by atoms with Crippen LogP contribution in [-0.4, -0.2) is 30.6 Å². The van der Waals surface area contributed by atoms with Gasteiger partial charge in [0.25, 0.3) is 0 Å². The minimum Gasteiger partial charge on any atom is -0.465 e. The van der Waals surface area contributed by atoms with E-state index in [1.807, 2.05) is 26.8 Å². The number of hydrogen-bond donors (Lipinski definition) is 0. The van der Waals surface area contributed by atoms with Crippen LogP contribution in [0.15, 0.2) is 42.0 Å². The predicted octanol–water partition coefficient (Wildman–Crippen LogP) is 5.46. The van der Waals surface area contributed by atoms with Crippen LogP contribution in [0.4, 0.5) is 0 Å². The summed E-state index contributed by atoms with van der Waals surface area (Å²) < 4.78 is 16.5. The van der Waals surface area contributed by atoms with E-state index in [1.54, 1.807) is 24.3 Å². The first-order chi connectivity index (χ1) is 15.2. The van der Waals surface area contributed by atoms with E-state index >= 15 is 0 Å². The van der Waals surface area contributed by atoms with Crippen LogP contribution < -0.4 is 0 Å². The molecule has 6 nitrogen and oxygen atoms in total. The fourth-order valence-corrected chi connectivity index (χ4v) is 3.54. The quantitative estimate of drug-likeness (QED) is 0.206. The van der Waals surface area contributed by atoms with Gasteiger partial charge < -0.3 is 14.2 Å². The Morgan fingerprint density at radius 3 is 2.31 bits per heavy atom. The highest BCUT2D eigenvalue weighted by Crippen LogP contribution is 2.28. The van der Waals surface area contributed by atoms with Gasteiger partial charge in [0.1, 0.15) is 6.10 Å². The number of carbonyl (C=O) groups is 3. The third kappa shape index (κ3) is 8.48. The van der Waals surface area contributed by atoms with Crippen molar-refractivity contribution in [3.8, 4) is 0 Å². The van der Waals surface area contributed by atoms with Crippen LogP contribution >= 0.6 is 0 Å². The molecule has 1 aromatic rings. The van der Waals surface area contributed by atoms with E-state index in [-0.39, 0.29) is 12.1 Å². The van der Waals surface area contributed by atoms with Gasteiger partial charge in [-0.25, -0.2) is 4.79 Å². The van der Waals surface area contributed by atoms with Crippen LogP contribution in [0.2, 0.25) is 0 Å². The van der Waals surface area contributed by atoms with Gasteiger partial charge in [0.05, 0.1) is 12.0 Å². The van der Waals surface area contributed by atoms with Crippen molar-refractivity contribution in [1.29, 1.82) is 0 Å². The van der Waals surface area contributed by atoms with Crippen molar-refractivity contribution in [1.82, 2.24) is 0 Å². The molecule has 0 saturated carbocycles. The summed E-state index contributed by atoms with van der Waals surface area (Å²) >= 11 is 0. The lowest BCUT2D eigenvalue weighted by atomic mass is 9.92. The third-order valence-corrected chi connectivity index (χ3v) is 5.30. The Morgan fingerprint density at radius 2 is 1.72 bits per heavy atom. The van der Waals surface area contributed by atoms with E-state index in [1.165, 1.54) is 6.92 Å². The Balaban J connectivity index is 2.01. The monoisotopic (exact) mass is 444 g/mol. The van der Waals surface area contributed by atoms with Crippen LogP contribution in [-0.2, 0) is 28.6 Å². The highest BCUT2D eigenvalue weighted by Gasteiger charge is 2.29. The third-order valence-electron chi connectivity index (χ3n) is 5.30. The largest absolute Gasteiger partial charge is 0.465 e. The predicted molar refractivity (Wildman–Crippen MR) is 122 cm³/mol. The van der Waals surface area contributed by atoms with Gasteiger partial charge in [0.2, 0.25) is 6.10 Å².